The highest BCUT2D eigenvalue weighted by molar-refractivity contribution is 6.33. The first-order valence-electron chi connectivity index (χ1n) is 22.2. The SMILES string of the molecule is Nc1c(Cl)cc(C[C@@H](OC(=O)N2CCC(N3CCc4ccccc4NC3=O)CC2)C(=O)N2CCN(C3CCN(CC(=O)OCCCN4CCCCC4)CC3)CC2)cc1C(F)(F)F. The number of benzene rings is 2. The Kier molecular flexibility index (Phi) is 15.4. The van der Waals surface area contributed by atoms with E-state index in [1.54, 1.807) is 9.80 Å². The van der Waals surface area contributed by atoms with Gasteiger partial charge in [-0.3, -0.25) is 19.4 Å². The molecule has 1 atom stereocenters. The van der Waals surface area contributed by atoms with Gasteiger partial charge in [-0.1, -0.05) is 36.2 Å². The van der Waals surface area contributed by atoms with Crippen LogP contribution in [0.15, 0.2) is 36.4 Å². The zero-order chi connectivity index (χ0) is 43.8. The fourth-order valence-electron chi connectivity index (χ4n) is 9.55. The molecule has 4 saturated heterocycles. The number of para-hydroxylation sites is 1. The van der Waals surface area contributed by atoms with Crippen molar-refractivity contribution in [3.8, 4) is 0 Å². The van der Waals surface area contributed by atoms with E-state index < -0.39 is 35.5 Å². The lowest BCUT2D eigenvalue weighted by Gasteiger charge is -2.43. The largest absolute Gasteiger partial charge is 0.465 e. The van der Waals surface area contributed by atoms with Crippen molar-refractivity contribution >= 4 is 47.0 Å². The van der Waals surface area contributed by atoms with Gasteiger partial charge in [-0.15, -0.1) is 0 Å². The lowest BCUT2D eigenvalue weighted by Crippen LogP contribution is -2.57. The summed E-state index contributed by atoms with van der Waals surface area (Å²) in [4.78, 5) is 65.4. The summed E-state index contributed by atoms with van der Waals surface area (Å²) >= 11 is 6.16. The van der Waals surface area contributed by atoms with E-state index in [4.69, 9.17) is 26.8 Å². The van der Waals surface area contributed by atoms with Crippen LogP contribution in [0.5, 0.6) is 0 Å². The number of ether oxygens (including phenoxy) is 2. The molecule has 0 spiro atoms. The first-order valence-corrected chi connectivity index (χ1v) is 22.6. The van der Waals surface area contributed by atoms with Crippen LogP contribution in [-0.4, -0.2) is 163 Å². The summed E-state index contributed by atoms with van der Waals surface area (Å²) in [6, 6.07) is 9.76. The molecule has 5 heterocycles. The van der Waals surface area contributed by atoms with E-state index in [1.165, 1.54) is 30.2 Å². The third-order valence-electron chi connectivity index (χ3n) is 13.1. The van der Waals surface area contributed by atoms with E-state index in [2.05, 4.69) is 20.0 Å². The quantitative estimate of drug-likeness (QED) is 0.158. The molecule has 5 aliphatic rings. The first-order chi connectivity index (χ1) is 29.8. The molecule has 0 saturated carbocycles. The number of piperidine rings is 3. The molecule has 3 N–H and O–H groups in total. The fraction of sp³-hybridized carbons (Fsp3) is 0.636. The Morgan fingerprint density at radius 1 is 0.839 bits per heavy atom. The Hall–Kier alpha value is -4.32. The van der Waals surface area contributed by atoms with E-state index in [0.717, 1.165) is 69.3 Å². The predicted octanol–water partition coefficient (Wildman–Crippen LogP) is 5.57. The number of urea groups is 1. The number of nitrogens with zero attached hydrogens (tertiary/aromatic N) is 6. The zero-order valence-electron chi connectivity index (χ0n) is 35.4. The van der Waals surface area contributed by atoms with Crippen LogP contribution in [0.1, 0.15) is 68.1 Å². The molecule has 4 amide bonds. The average molecular weight is 889 g/mol. The van der Waals surface area contributed by atoms with E-state index >= 15 is 0 Å². The third kappa shape index (κ3) is 11.8. The molecule has 2 aromatic carbocycles. The van der Waals surface area contributed by atoms with Gasteiger partial charge in [0.15, 0.2) is 6.10 Å². The van der Waals surface area contributed by atoms with Crippen LogP contribution in [0.25, 0.3) is 0 Å². The topological polar surface area (TPSA) is 144 Å². The second kappa shape index (κ2) is 20.9. The number of halogens is 4. The number of nitrogens with two attached hydrogens (primary N) is 1. The molecule has 0 aliphatic carbocycles. The molecular weight excluding hydrogens is 829 g/mol. The van der Waals surface area contributed by atoms with Crippen molar-refractivity contribution in [2.24, 2.45) is 0 Å². The van der Waals surface area contributed by atoms with Gasteiger partial charge in [0.1, 0.15) is 0 Å². The molecule has 0 unspecified atom stereocenters. The van der Waals surface area contributed by atoms with Crippen LogP contribution < -0.4 is 11.1 Å². The number of carbonyl (C=O) groups excluding carboxylic acids is 4. The number of piperazine rings is 1. The Morgan fingerprint density at radius 2 is 1.53 bits per heavy atom. The Bertz CT molecular complexity index is 1880. The Morgan fingerprint density at radius 3 is 2.24 bits per heavy atom. The number of hydrogen-bond acceptors (Lipinski definition) is 10. The summed E-state index contributed by atoms with van der Waals surface area (Å²) in [6.07, 6.45) is 0.712. The minimum Gasteiger partial charge on any atom is -0.465 e. The third-order valence-corrected chi connectivity index (χ3v) is 13.4. The zero-order valence-corrected chi connectivity index (χ0v) is 36.1. The lowest BCUT2D eigenvalue weighted by molar-refractivity contribution is -0.145. The first kappa shape index (κ1) is 45.7. The van der Waals surface area contributed by atoms with Gasteiger partial charge < -0.3 is 40.1 Å². The number of hydrogen-bond donors (Lipinski definition) is 2. The highest BCUT2D eigenvalue weighted by Crippen LogP contribution is 2.38. The number of anilines is 2. The van der Waals surface area contributed by atoms with Crippen LogP contribution in [0.3, 0.4) is 0 Å². The van der Waals surface area contributed by atoms with E-state index in [1.807, 2.05) is 24.3 Å². The highest BCUT2D eigenvalue weighted by atomic mass is 35.5. The normalized spacial score (nSPS) is 20.9. The molecule has 62 heavy (non-hydrogen) atoms. The number of nitrogen functional groups attached to an aromatic ring is 1. The van der Waals surface area contributed by atoms with Crippen LogP contribution in [0.2, 0.25) is 5.02 Å². The number of rotatable bonds is 12. The number of carbonyl (C=O) groups is 4. The van der Waals surface area contributed by atoms with Gasteiger partial charge in [0.2, 0.25) is 0 Å². The molecule has 0 aromatic heterocycles. The second-order valence-corrected chi connectivity index (χ2v) is 17.6. The molecule has 4 fully saturated rings. The lowest BCUT2D eigenvalue weighted by atomic mass is 10.0. The minimum absolute atomic E-state index is 0.0567. The van der Waals surface area contributed by atoms with Crippen molar-refractivity contribution in [2.75, 3.05) is 103 Å². The maximum atomic E-state index is 14.2. The number of alkyl halides is 3. The molecule has 7 rings (SSSR count). The summed E-state index contributed by atoms with van der Waals surface area (Å²) in [7, 11) is 0. The standard InChI is InChI=1S/C44H60ClF3N8O6/c45-36-28-31(27-35(40(36)49)44(46,47)48)29-38(62-43(60)55-19-12-34(13-20-55)56-21-9-32-7-2-3-8-37(32)50-42(56)59)41(58)54-24-22-53(23-25-54)33-10-17-52(18-11-33)30-39(57)61-26-6-16-51-14-4-1-5-15-51/h2-3,7-8,27-28,33-34,38H,1,4-6,9-26,29-30,49H2,(H,50,59)/t38-/m1/s1. The fourth-order valence-corrected chi connectivity index (χ4v) is 9.80. The maximum absolute atomic E-state index is 14.2. The second-order valence-electron chi connectivity index (χ2n) is 17.2. The molecule has 340 valence electrons. The number of fused-ring (bicyclic) bond motifs is 1. The number of nitrogens with one attached hydrogen (secondary N) is 1. The summed E-state index contributed by atoms with van der Waals surface area (Å²) < 4.78 is 53.3. The molecule has 18 heteroatoms. The van der Waals surface area contributed by atoms with Gasteiger partial charge in [0, 0.05) is 89.6 Å². The van der Waals surface area contributed by atoms with E-state index in [-0.39, 0.29) is 60.7 Å². The molecular formula is C44H60ClF3N8O6. The van der Waals surface area contributed by atoms with Gasteiger partial charge in [-0.2, -0.15) is 13.2 Å². The summed E-state index contributed by atoms with van der Waals surface area (Å²) in [5.74, 6) is -0.696. The van der Waals surface area contributed by atoms with Crippen molar-refractivity contribution in [1.29, 1.82) is 0 Å². The Labute approximate surface area is 366 Å². The summed E-state index contributed by atoms with van der Waals surface area (Å²) in [5.41, 5.74) is 5.85. The molecule has 0 radical (unpaired) electrons. The van der Waals surface area contributed by atoms with Crippen molar-refractivity contribution < 1.29 is 41.8 Å². The molecule has 14 nitrogen and oxygen atoms in total. The average Bonchev–Trinajstić information content (AvgIpc) is 3.44. The van der Waals surface area contributed by atoms with Crippen LogP contribution in [0.4, 0.5) is 34.1 Å². The summed E-state index contributed by atoms with van der Waals surface area (Å²) in [6.45, 7) is 8.34. The van der Waals surface area contributed by atoms with E-state index in [9.17, 15) is 32.3 Å². The maximum Gasteiger partial charge on any atom is 0.418 e. The summed E-state index contributed by atoms with van der Waals surface area (Å²) in [5, 5.41) is 2.68. The minimum atomic E-state index is -4.79. The predicted molar refractivity (Wildman–Crippen MR) is 229 cm³/mol. The molecule has 2 aromatic rings. The number of esters is 1. The van der Waals surface area contributed by atoms with Crippen molar-refractivity contribution in [3.63, 3.8) is 0 Å². The van der Waals surface area contributed by atoms with Gasteiger partial charge in [-0.25, -0.2) is 9.59 Å². The van der Waals surface area contributed by atoms with Gasteiger partial charge in [0.25, 0.3) is 5.91 Å². The van der Waals surface area contributed by atoms with E-state index in [0.29, 0.717) is 58.6 Å². The monoisotopic (exact) mass is 888 g/mol. The van der Waals surface area contributed by atoms with Crippen LogP contribution >= 0.6 is 11.6 Å². The number of likely N-dealkylation sites (tertiary alicyclic amines) is 3. The smallest absolute Gasteiger partial charge is 0.418 e. The van der Waals surface area contributed by atoms with Gasteiger partial charge in [-0.05, 0) is 93.8 Å². The van der Waals surface area contributed by atoms with Gasteiger partial charge in [0.05, 0.1) is 29.4 Å². The van der Waals surface area contributed by atoms with Gasteiger partial charge >= 0.3 is 24.3 Å². The van der Waals surface area contributed by atoms with Crippen LogP contribution in [0, 0.1) is 0 Å². The molecule has 0 bridgehead atoms. The van der Waals surface area contributed by atoms with Crippen molar-refractivity contribution in [3.05, 3.63) is 58.1 Å². The number of amides is 4. The van der Waals surface area contributed by atoms with Crippen molar-refractivity contribution in [2.45, 2.75) is 88.6 Å². The highest BCUT2D eigenvalue weighted by Gasteiger charge is 2.38. The van der Waals surface area contributed by atoms with Crippen LogP contribution in [-0.2, 0) is 38.1 Å². The Balaban J connectivity index is 0.913. The van der Waals surface area contributed by atoms with Crippen molar-refractivity contribution in [1.82, 2.24) is 29.4 Å². The molecule has 5 aliphatic heterocycles.